The first-order valence-electron chi connectivity index (χ1n) is 15.2. The van der Waals surface area contributed by atoms with Gasteiger partial charge < -0.3 is 10.1 Å². The van der Waals surface area contributed by atoms with E-state index in [1.165, 1.54) is 58.7 Å². The van der Waals surface area contributed by atoms with E-state index in [0.29, 0.717) is 16.3 Å². The molecule has 0 aliphatic heterocycles. The smallest absolute Gasteiger partial charge is 0.406 e. The molecule has 2 heterocycles. The molecule has 47 heavy (non-hydrogen) atoms. The van der Waals surface area contributed by atoms with Crippen molar-refractivity contribution in [2.24, 2.45) is 4.99 Å². The van der Waals surface area contributed by atoms with Gasteiger partial charge >= 0.3 is 12.4 Å². The van der Waals surface area contributed by atoms with Crippen molar-refractivity contribution in [2.45, 2.75) is 64.3 Å². The summed E-state index contributed by atoms with van der Waals surface area (Å²) < 4.78 is 58.8. The van der Waals surface area contributed by atoms with Gasteiger partial charge in [0.2, 0.25) is 0 Å². The van der Waals surface area contributed by atoms with Gasteiger partial charge in [-0.15, -0.1) is 29.6 Å². The quantitative estimate of drug-likeness (QED) is 0.178. The number of carbonyl (C=O) groups is 1. The SMILES string of the molecule is Cc1cs/c(=N\C(=O)NC2CCCC2c2ccc(-c3ncn(-c4ccc(OC(F)(F)F)cc4)n3)cc2)n1-c1ccc(F)cc1C(C)C. The topological polar surface area (TPSA) is 86.3 Å². The zero-order valence-corrected chi connectivity index (χ0v) is 26.6. The summed E-state index contributed by atoms with van der Waals surface area (Å²) >= 11 is 1.36. The van der Waals surface area contributed by atoms with E-state index in [9.17, 15) is 22.4 Å². The lowest BCUT2D eigenvalue weighted by Gasteiger charge is -2.20. The summed E-state index contributed by atoms with van der Waals surface area (Å²) in [6, 6.07) is 17.4. The van der Waals surface area contributed by atoms with Crippen LogP contribution >= 0.6 is 11.3 Å². The largest absolute Gasteiger partial charge is 0.573 e. The standard InChI is InChI=1S/C34H32F4N6O2S/c1-20(2)28-17-24(35)11-16-30(28)44-21(3)18-47-33(44)41-32(45)40-29-6-4-5-27(29)22-7-9-23(10-8-22)31-39-19-43(42-31)25-12-14-26(15-13-25)46-34(36,37)38/h7-20,27,29H,4-6H2,1-3H3,(H,40,45)/b41-33-. The number of alkyl halides is 3. The van der Waals surface area contributed by atoms with Gasteiger partial charge in [0.05, 0.1) is 11.4 Å². The zero-order valence-electron chi connectivity index (χ0n) is 25.8. The van der Waals surface area contributed by atoms with Gasteiger partial charge in [-0.1, -0.05) is 44.5 Å². The van der Waals surface area contributed by atoms with Crippen molar-refractivity contribution in [3.05, 3.63) is 106 Å². The molecule has 244 valence electrons. The number of hydrogen-bond donors (Lipinski definition) is 1. The molecule has 0 radical (unpaired) electrons. The number of hydrogen-bond acceptors (Lipinski definition) is 5. The number of benzene rings is 3. The molecule has 3 aromatic carbocycles. The van der Waals surface area contributed by atoms with E-state index in [1.54, 1.807) is 6.07 Å². The van der Waals surface area contributed by atoms with Gasteiger partial charge in [-0.2, -0.15) is 4.99 Å². The van der Waals surface area contributed by atoms with Gasteiger partial charge in [0, 0.05) is 28.6 Å². The maximum Gasteiger partial charge on any atom is 0.573 e. The molecular weight excluding hydrogens is 632 g/mol. The summed E-state index contributed by atoms with van der Waals surface area (Å²) in [5.41, 5.74) is 4.93. The Hall–Kier alpha value is -4.78. The van der Waals surface area contributed by atoms with Crippen molar-refractivity contribution < 1.29 is 27.1 Å². The zero-order chi connectivity index (χ0) is 33.3. The van der Waals surface area contributed by atoms with Gasteiger partial charge in [-0.05, 0) is 79.3 Å². The number of nitrogens with zero attached hydrogens (tertiary/aromatic N) is 5. The van der Waals surface area contributed by atoms with Crippen LogP contribution in [0.5, 0.6) is 5.75 Å². The first-order valence-corrected chi connectivity index (χ1v) is 16.0. The van der Waals surface area contributed by atoms with Gasteiger partial charge in [0.25, 0.3) is 0 Å². The maximum absolute atomic E-state index is 14.1. The predicted molar refractivity (Wildman–Crippen MR) is 170 cm³/mol. The Morgan fingerprint density at radius 1 is 1.06 bits per heavy atom. The lowest BCUT2D eigenvalue weighted by atomic mass is 9.93. The Bertz CT molecular complexity index is 1940. The monoisotopic (exact) mass is 664 g/mol. The van der Waals surface area contributed by atoms with E-state index in [0.717, 1.165) is 47.3 Å². The number of nitrogens with one attached hydrogen (secondary N) is 1. The molecule has 13 heteroatoms. The summed E-state index contributed by atoms with van der Waals surface area (Å²) in [6.07, 6.45) is -0.568. The molecule has 8 nitrogen and oxygen atoms in total. The van der Waals surface area contributed by atoms with Gasteiger partial charge in [-0.3, -0.25) is 4.57 Å². The van der Waals surface area contributed by atoms with Crippen molar-refractivity contribution in [3.63, 3.8) is 0 Å². The number of amides is 2. The van der Waals surface area contributed by atoms with E-state index in [1.807, 2.05) is 55.0 Å². The number of carbonyl (C=O) groups excluding carboxylic acids is 1. The second kappa shape index (κ2) is 13.1. The minimum absolute atomic E-state index is 0.0776. The molecule has 0 bridgehead atoms. The second-order valence-corrected chi connectivity index (χ2v) is 12.6. The minimum Gasteiger partial charge on any atom is -0.406 e. The van der Waals surface area contributed by atoms with Crippen LogP contribution in [0, 0.1) is 12.7 Å². The van der Waals surface area contributed by atoms with Crippen LogP contribution in [0.2, 0.25) is 0 Å². The van der Waals surface area contributed by atoms with Crippen LogP contribution in [0.15, 0.2) is 83.4 Å². The molecular formula is C34H32F4N6O2S. The lowest BCUT2D eigenvalue weighted by Crippen LogP contribution is -2.36. The third-order valence-corrected chi connectivity index (χ3v) is 9.12. The fraction of sp³-hybridized carbons (Fsp3) is 0.294. The van der Waals surface area contributed by atoms with Gasteiger partial charge in [0.15, 0.2) is 10.6 Å². The average Bonchev–Trinajstić information content (AvgIpc) is 3.78. The predicted octanol–water partition coefficient (Wildman–Crippen LogP) is 8.20. The number of aromatic nitrogens is 4. The van der Waals surface area contributed by atoms with E-state index < -0.39 is 12.4 Å². The Labute approximate surface area is 272 Å². The molecule has 1 saturated carbocycles. The Balaban J connectivity index is 1.15. The summed E-state index contributed by atoms with van der Waals surface area (Å²) in [7, 11) is 0. The van der Waals surface area contributed by atoms with Crippen LogP contribution < -0.4 is 14.9 Å². The van der Waals surface area contributed by atoms with E-state index in [2.05, 4.69) is 25.1 Å². The van der Waals surface area contributed by atoms with Crippen LogP contribution in [0.1, 0.15) is 61.8 Å². The fourth-order valence-electron chi connectivity index (χ4n) is 5.96. The Morgan fingerprint density at radius 3 is 2.51 bits per heavy atom. The molecule has 5 aromatic rings. The highest BCUT2D eigenvalue weighted by Gasteiger charge is 2.31. The minimum atomic E-state index is -4.76. The van der Waals surface area contributed by atoms with Crippen molar-refractivity contribution in [2.75, 3.05) is 0 Å². The van der Waals surface area contributed by atoms with Crippen LogP contribution in [-0.4, -0.2) is 37.8 Å². The molecule has 2 atom stereocenters. The number of aryl methyl sites for hydroxylation is 1. The van der Waals surface area contributed by atoms with Crippen LogP contribution in [0.25, 0.3) is 22.8 Å². The molecule has 2 unspecified atom stereocenters. The highest BCUT2D eigenvalue weighted by atomic mass is 32.1. The summed E-state index contributed by atoms with van der Waals surface area (Å²) in [6.45, 7) is 5.94. The number of halogens is 4. The molecule has 1 aliphatic carbocycles. The number of ether oxygens (including phenoxy) is 1. The molecule has 0 saturated heterocycles. The Kier molecular flexibility index (Phi) is 9.00. The number of urea groups is 1. The number of thiazole rings is 1. The lowest BCUT2D eigenvalue weighted by molar-refractivity contribution is -0.274. The summed E-state index contributed by atoms with van der Waals surface area (Å²) in [5.74, 6) is 0.0219. The van der Waals surface area contributed by atoms with E-state index in [-0.39, 0.29) is 29.4 Å². The second-order valence-electron chi connectivity index (χ2n) is 11.7. The van der Waals surface area contributed by atoms with Crippen molar-refractivity contribution in [1.29, 1.82) is 0 Å². The first-order chi connectivity index (χ1) is 22.4. The molecule has 2 amide bonds. The summed E-state index contributed by atoms with van der Waals surface area (Å²) in [5, 5.41) is 9.53. The molecule has 1 N–H and O–H groups in total. The molecule has 1 aliphatic rings. The average molecular weight is 665 g/mol. The highest BCUT2D eigenvalue weighted by molar-refractivity contribution is 7.07. The van der Waals surface area contributed by atoms with E-state index in [4.69, 9.17) is 0 Å². The van der Waals surface area contributed by atoms with Crippen LogP contribution in [0.4, 0.5) is 22.4 Å². The van der Waals surface area contributed by atoms with E-state index >= 15 is 0 Å². The van der Waals surface area contributed by atoms with Gasteiger partial charge in [-0.25, -0.2) is 18.9 Å². The first kappa shape index (κ1) is 32.2. The number of rotatable bonds is 7. The molecule has 2 aromatic heterocycles. The third-order valence-electron chi connectivity index (χ3n) is 8.18. The fourth-order valence-corrected chi connectivity index (χ4v) is 6.83. The maximum atomic E-state index is 14.1. The van der Waals surface area contributed by atoms with Gasteiger partial charge in [0.1, 0.15) is 17.9 Å². The Morgan fingerprint density at radius 2 is 1.81 bits per heavy atom. The molecule has 1 fully saturated rings. The van der Waals surface area contributed by atoms with Crippen molar-refractivity contribution >= 4 is 17.4 Å². The molecule has 6 rings (SSSR count). The van der Waals surface area contributed by atoms with Crippen LogP contribution in [-0.2, 0) is 0 Å². The summed E-state index contributed by atoms with van der Waals surface area (Å²) in [4.78, 5) is 22.5. The molecule has 0 spiro atoms. The normalized spacial score (nSPS) is 17.0. The highest BCUT2D eigenvalue weighted by Crippen LogP contribution is 2.35. The third kappa shape index (κ3) is 7.30. The van der Waals surface area contributed by atoms with Crippen molar-refractivity contribution in [1.82, 2.24) is 24.6 Å². The van der Waals surface area contributed by atoms with Crippen molar-refractivity contribution in [3.8, 4) is 28.5 Å². The van der Waals surface area contributed by atoms with Crippen LogP contribution in [0.3, 0.4) is 0 Å².